The third-order valence-corrected chi connectivity index (χ3v) is 20.9. The number of azide groups is 1. The van der Waals surface area contributed by atoms with E-state index in [4.69, 9.17) is 11.3 Å². The maximum atomic E-state index is 13.4. The molecule has 14 N–H and O–H groups in total. The van der Waals surface area contributed by atoms with Gasteiger partial charge >= 0.3 is 0 Å². The van der Waals surface area contributed by atoms with Crippen LogP contribution in [0, 0.1) is 5.95 Å². The number of aliphatic hydroxyl groups excluding tert-OH is 5. The van der Waals surface area contributed by atoms with Gasteiger partial charge in [0.05, 0.1) is 114 Å². The quantitative estimate of drug-likeness (QED) is 0.0265. The van der Waals surface area contributed by atoms with E-state index in [0.29, 0.717) is 65.5 Å². The summed E-state index contributed by atoms with van der Waals surface area (Å²) in [6.45, 7) is 5.44. The topological polar surface area (TPSA) is 477 Å². The smallest absolute Gasteiger partial charge is 0.222 e. The molecule has 4 aliphatic heterocycles. The number of likely N-dealkylation sites (tertiary alicyclic amines) is 3. The van der Waals surface area contributed by atoms with Crippen molar-refractivity contribution in [3.8, 4) is 45.0 Å². The zero-order valence-corrected chi connectivity index (χ0v) is 62.2. The van der Waals surface area contributed by atoms with Crippen molar-refractivity contribution in [2.24, 2.45) is 10.8 Å². The van der Waals surface area contributed by atoms with Crippen molar-refractivity contribution in [2.75, 3.05) is 95.7 Å². The molecule has 17 rings (SSSR count). The first-order valence-corrected chi connectivity index (χ1v) is 38.2. The van der Waals surface area contributed by atoms with Crippen molar-refractivity contribution in [2.45, 2.75) is 112 Å². The number of rotatable bonds is 12. The number of aliphatic hydroxyl groups is 5. The van der Waals surface area contributed by atoms with Gasteiger partial charge in [0, 0.05) is 123 Å². The molecule has 0 radical (unpaired) electrons. The molecule has 1 aliphatic carbocycles. The van der Waals surface area contributed by atoms with Gasteiger partial charge in [-0.3, -0.25) is 0 Å². The van der Waals surface area contributed by atoms with E-state index >= 15 is 0 Å². The van der Waals surface area contributed by atoms with E-state index in [-0.39, 0.29) is 49.0 Å². The van der Waals surface area contributed by atoms with Crippen LogP contribution in [0.15, 0.2) is 152 Å². The number of H-pyrrole nitrogens is 4. The highest BCUT2D eigenvalue weighted by molar-refractivity contribution is 7.88. The molecule has 36 heteroatoms. The van der Waals surface area contributed by atoms with Gasteiger partial charge < -0.3 is 81.9 Å². The standard InChI is InChI=1S/C17H20N6O3S.C17H20N6O.C17H19N5O.C11H7FN4.C6H12N4O.C6H14N2O/c1-27(25,26)23-8-5-15(24)14(10-23)22-16-11(3-2-6-18-16)13-9-20-17-12(21-13)4-7-19-17;1-23-8-5-15(24)14(10-23)22-16-11(3-2-6-18-16)13-9-20-17-12(21-13)4-7-19-17;23-15-6-2-1-5-12(15)22-16-11(4-3-8-18-16)14-10-20-17-13(21-14)7-9-19-17;12-10-7(2-1-4-13-10)9-6-15-11-8(16-9)3-5-14-11;1-10-3-2-6(11)5(4-10)8-9-7;1-8-3-2-5(7)6(9)4-8/h2-4,6-7,9,14-15,24H,5,8,10H2,1H3,(H,18,22)(H,19,20);2-4,6-7,9,14-15,24H,5,8,10H2,1H3,(H,18,22)(H,19,20);3-4,7-10,12,15,23H,1-2,5-6H2,(H,18,22)(H,19,20);1-6H,(H,14,15);5-6,11H,2-4H2,1H3;5-6,9H,2-4,7H2,1H3/t2*14-,15-;12-,15-;;2*5-,6-/m111.11/s1. The monoisotopic (exact) mass is 1520 g/mol. The number of nitrogens with one attached hydrogen (secondary N) is 7. The Balaban J connectivity index is 0.000000127. The summed E-state index contributed by atoms with van der Waals surface area (Å²) in [5.41, 5.74) is 25.3. The molecule has 5 aliphatic rings. The van der Waals surface area contributed by atoms with Crippen molar-refractivity contribution in [1.29, 1.82) is 0 Å². The van der Waals surface area contributed by atoms with Crippen molar-refractivity contribution in [3.63, 3.8) is 0 Å². The van der Waals surface area contributed by atoms with Crippen LogP contribution in [0.2, 0.25) is 0 Å². The zero-order valence-electron chi connectivity index (χ0n) is 61.4. The first-order valence-electron chi connectivity index (χ1n) is 36.4. The Kier molecular flexibility index (Phi) is 26.6. The summed E-state index contributed by atoms with van der Waals surface area (Å²) < 4.78 is 38.5. The van der Waals surface area contributed by atoms with Crippen LogP contribution < -0.4 is 21.7 Å². The average Bonchev–Trinajstić information content (AvgIpc) is 1.04. The minimum Gasteiger partial charge on any atom is -0.393 e. The van der Waals surface area contributed by atoms with Crippen LogP contribution in [-0.2, 0) is 10.0 Å². The Labute approximate surface area is 633 Å². The van der Waals surface area contributed by atoms with E-state index in [0.717, 1.165) is 139 Å². The fourth-order valence-electron chi connectivity index (χ4n) is 13.4. The molecule has 578 valence electrons. The van der Waals surface area contributed by atoms with Gasteiger partial charge in [0.1, 0.15) is 39.5 Å². The number of piperidine rings is 4. The Bertz CT molecular complexity index is 5140. The summed E-state index contributed by atoms with van der Waals surface area (Å²) in [7, 11) is 2.69. The fourth-order valence-corrected chi connectivity index (χ4v) is 14.2. The number of nitrogens with two attached hydrogens (primary N) is 1. The van der Waals surface area contributed by atoms with Gasteiger partial charge in [0.25, 0.3) is 0 Å². The third kappa shape index (κ3) is 20.6. The number of aromatic amines is 4. The van der Waals surface area contributed by atoms with E-state index < -0.39 is 34.2 Å². The van der Waals surface area contributed by atoms with E-state index in [9.17, 15) is 38.3 Å². The number of hydrogen-bond donors (Lipinski definition) is 13. The minimum absolute atomic E-state index is 0.00111. The molecule has 12 aromatic rings. The maximum absolute atomic E-state index is 13.4. The second-order valence-electron chi connectivity index (χ2n) is 27.8. The van der Waals surface area contributed by atoms with Crippen LogP contribution in [0.4, 0.5) is 21.8 Å². The van der Waals surface area contributed by atoms with Gasteiger partial charge in [-0.25, -0.2) is 68.2 Å². The summed E-state index contributed by atoms with van der Waals surface area (Å²) in [6, 6.07) is 21.4. The summed E-state index contributed by atoms with van der Waals surface area (Å²) in [4.78, 5) is 73.4. The summed E-state index contributed by atoms with van der Waals surface area (Å²) >= 11 is 0. The van der Waals surface area contributed by atoms with Crippen molar-refractivity contribution >= 4 is 72.1 Å². The lowest BCUT2D eigenvalue weighted by Gasteiger charge is -2.35. The number of hydrogen-bond acceptors (Lipinski definition) is 27. The molecule has 16 heterocycles. The van der Waals surface area contributed by atoms with Crippen molar-refractivity contribution in [1.82, 2.24) is 98.7 Å². The van der Waals surface area contributed by atoms with Gasteiger partial charge in [0.15, 0.2) is 22.6 Å². The van der Waals surface area contributed by atoms with Gasteiger partial charge in [-0.05, 0) is 145 Å². The van der Waals surface area contributed by atoms with E-state index in [1.54, 1.807) is 73.8 Å². The van der Waals surface area contributed by atoms with Crippen LogP contribution in [-0.4, -0.2) is 273 Å². The molecule has 0 unspecified atom stereocenters. The largest absolute Gasteiger partial charge is 0.393 e. The minimum atomic E-state index is -3.32. The number of fused-ring (bicyclic) bond motifs is 4. The molecule has 1 saturated carbocycles. The Morgan fingerprint density at radius 1 is 0.473 bits per heavy atom. The number of nitrogens with zero attached hydrogens (tertiary/aromatic N) is 19. The van der Waals surface area contributed by atoms with Crippen LogP contribution in [0.3, 0.4) is 0 Å². The lowest BCUT2D eigenvalue weighted by molar-refractivity contribution is 0.0661. The third-order valence-electron chi connectivity index (χ3n) is 19.6. The normalized spacial score (nSPS) is 22.6. The molecule has 0 bridgehead atoms. The van der Waals surface area contributed by atoms with Gasteiger partial charge in [0.2, 0.25) is 16.0 Å². The van der Waals surface area contributed by atoms with Crippen molar-refractivity contribution in [3.05, 3.63) is 164 Å². The SMILES string of the molecule is CN1CC[C@@H](N)[C@H](O)C1.CN1CC[C@@H](O)[C@H](N=[N+]=[N-])C1.CN1CC[C@@H](O)[C@H](Nc2ncccc2-c2cnc3[nH]ccc3n2)C1.CS(=O)(=O)N1CC[C@@H](O)[C@H](Nc2ncccc2-c2cnc3[nH]ccc3n2)C1.Fc1ncccc1-c1cnc2[nH]ccc2n1.O[C@@H]1CCCC[C@H]1Nc1ncccc1-c1cnc2[nH]ccc2n1. The summed E-state index contributed by atoms with van der Waals surface area (Å²) in [6.07, 6.45) is 26.2. The summed E-state index contributed by atoms with van der Waals surface area (Å²) in [5.74, 6) is 1.47. The lowest BCUT2D eigenvalue weighted by atomic mass is 9.92. The maximum Gasteiger partial charge on any atom is 0.222 e. The predicted octanol–water partition coefficient (Wildman–Crippen LogP) is 6.59. The summed E-state index contributed by atoms with van der Waals surface area (Å²) in [5, 5.41) is 62.8. The molecular weight excluding hydrogens is 1430 g/mol. The zero-order chi connectivity index (χ0) is 77.3. The number of halogens is 1. The molecule has 0 spiro atoms. The van der Waals surface area contributed by atoms with Gasteiger partial charge in [-0.15, -0.1) is 0 Å². The lowest BCUT2D eigenvalue weighted by Crippen LogP contribution is -2.52. The van der Waals surface area contributed by atoms with Crippen molar-refractivity contribution < 1.29 is 38.3 Å². The highest BCUT2D eigenvalue weighted by Gasteiger charge is 2.34. The number of aromatic nitrogens is 16. The number of anilines is 3. The molecule has 34 nitrogen and oxygen atoms in total. The highest BCUT2D eigenvalue weighted by atomic mass is 32.2. The van der Waals surface area contributed by atoms with E-state index in [1.807, 2.05) is 79.9 Å². The number of sulfonamides is 1. The van der Waals surface area contributed by atoms with Crippen LogP contribution in [0.25, 0.3) is 100 Å². The number of likely N-dealkylation sites (N-methyl/N-ethyl adjacent to an activating group) is 3. The van der Waals surface area contributed by atoms with Crippen LogP contribution in [0.5, 0.6) is 0 Å². The van der Waals surface area contributed by atoms with E-state index in [2.05, 4.69) is 123 Å². The van der Waals surface area contributed by atoms with Gasteiger partial charge in [-0.1, -0.05) is 18.0 Å². The number of pyridine rings is 4. The highest BCUT2D eigenvalue weighted by Crippen LogP contribution is 2.32. The van der Waals surface area contributed by atoms with E-state index in [1.165, 1.54) is 23.0 Å². The van der Waals surface area contributed by atoms with Crippen LogP contribution >= 0.6 is 0 Å². The molecular formula is C74H92FN27O7S. The molecule has 4 saturated heterocycles. The molecule has 110 heavy (non-hydrogen) atoms. The van der Waals surface area contributed by atoms with Gasteiger partial charge in [-0.2, -0.15) is 8.70 Å². The molecule has 5 fully saturated rings. The first kappa shape index (κ1) is 78.8. The fraction of sp³-hybridized carbons (Fsp3) is 0.405. The first-order chi connectivity index (χ1) is 53.2. The second-order valence-corrected chi connectivity index (χ2v) is 29.8. The Morgan fingerprint density at radius 2 is 0.855 bits per heavy atom. The average molecular weight is 1520 g/mol. The Hall–Kier alpha value is -10.7. The second kappa shape index (κ2) is 37.1. The number of β-amino-alcohol motifs (C(OH)–C–C–N with tert-alkyl or cyclic N) is 1. The predicted molar refractivity (Wildman–Crippen MR) is 417 cm³/mol. The molecule has 0 aromatic carbocycles. The Morgan fingerprint density at radius 3 is 1.29 bits per heavy atom. The molecule has 0 amide bonds. The molecule has 10 atom stereocenters. The van der Waals surface area contributed by atoms with Crippen LogP contribution in [0.1, 0.15) is 51.4 Å². The molecule has 12 aromatic heterocycles.